The largest absolute Gasteiger partial charge is 0.455 e. The van der Waals surface area contributed by atoms with Gasteiger partial charge in [-0.2, -0.15) is 0 Å². The van der Waals surface area contributed by atoms with Crippen LogP contribution in [0.2, 0.25) is 0 Å². The fourth-order valence-corrected chi connectivity index (χ4v) is 7.70. The molecule has 47 heavy (non-hydrogen) atoms. The second kappa shape index (κ2) is 10.2. The minimum absolute atomic E-state index is 0.912. The lowest BCUT2D eigenvalue weighted by Crippen LogP contribution is -1.92. The van der Waals surface area contributed by atoms with Gasteiger partial charge in [0.2, 0.25) is 0 Å². The molecule has 0 atom stereocenters. The molecule has 0 unspecified atom stereocenters. The predicted molar refractivity (Wildman–Crippen MR) is 200 cm³/mol. The maximum Gasteiger partial charge on any atom is 0.143 e. The number of hydrogen-bond acceptors (Lipinski definition) is 1. The van der Waals surface area contributed by atoms with Gasteiger partial charge in [0.25, 0.3) is 0 Å². The summed E-state index contributed by atoms with van der Waals surface area (Å²) in [5.74, 6) is 0. The van der Waals surface area contributed by atoms with Crippen LogP contribution in [0.15, 0.2) is 174 Å². The number of hydrogen-bond donors (Lipinski definition) is 0. The van der Waals surface area contributed by atoms with Crippen LogP contribution < -0.4 is 0 Å². The minimum Gasteiger partial charge on any atom is -0.455 e. The standard InChI is InChI=1S/C46H28O/c1-2-13-30-26-32(25-24-29(30)12-1)31-15-11-16-34(27-31)43-37-19-5-7-21-39(37)44(40-22-8-6-20-38(40)43)45-35-17-4-3-14-33(35)28-41-36-18-9-10-23-42(36)47-46(41)45/h1-28H. The van der Waals surface area contributed by atoms with Crippen LogP contribution in [0.3, 0.4) is 0 Å². The van der Waals surface area contributed by atoms with E-state index < -0.39 is 0 Å². The highest BCUT2D eigenvalue weighted by Gasteiger charge is 2.22. The van der Waals surface area contributed by atoms with Crippen LogP contribution in [0.5, 0.6) is 0 Å². The van der Waals surface area contributed by atoms with Crippen LogP contribution >= 0.6 is 0 Å². The van der Waals surface area contributed by atoms with Crippen LogP contribution in [0, 0.1) is 0 Å². The summed E-state index contributed by atoms with van der Waals surface area (Å²) in [5, 5.41) is 12.1. The molecule has 0 aliphatic carbocycles. The molecule has 0 fully saturated rings. The second-order valence-electron chi connectivity index (χ2n) is 12.4. The van der Waals surface area contributed by atoms with Crippen molar-refractivity contribution in [2.24, 2.45) is 0 Å². The van der Waals surface area contributed by atoms with E-state index in [1.807, 2.05) is 0 Å². The van der Waals surface area contributed by atoms with Crippen LogP contribution in [0.4, 0.5) is 0 Å². The Balaban J connectivity index is 1.31. The number of fused-ring (bicyclic) bond motifs is 7. The Morgan fingerprint density at radius 1 is 0.277 bits per heavy atom. The topological polar surface area (TPSA) is 13.1 Å². The highest BCUT2D eigenvalue weighted by atomic mass is 16.3. The van der Waals surface area contributed by atoms with Gasteiger partial charge in [0.05, 0.1) is 0 Å². The van der Waals surface area contributed by atoms with E-state index in [1.165, 1.54) is 70.9 Å². The predicted octanol–water partition coefficient (Wildman–Crippen LogP) is 13.2. The third-order valence-corrected chi connectivity index (χ3v) is 9.81. The van der Waals surface area contributed by atoms with E-state index >= 15 is 0 Å². The summed E-state index contributed by atoms with van der Waals surface area (Å²) < 4.78 is 6.75. The van der Waals surface area contributed by atoms with Gasteiger partial charge in [-0.1, -0.05) is 146 Å². The molecule has 1 heterocycles. The molecule has 1 heteroatoms. The molecule has 0 radical (unpaired) electrons. The molecule has 9 aromatic carbocycles. The van der Waals surface area contributed by atoms with Crippen molar-refractivity contribution < 1.29 is 4.42 Å². The van der Waals surface area contributed by atoms with Crippen molar-refractivity contribution in [3.05, 3.63) is 170 Å². The van der Waals surface area contributed by atoms with Gasteiger partial charge in [-0.3, -0.25) is 0 Å². The van der Waals surface area contributed by atoms with Crippen molar-refractivity contribution in [3.8, 4) is 33.4 Å². The lowest BCUT2D eigenvalue weighted by atomic mass is 9.83. The van der Waals surface area contributed by atoms with Gasteiger partial charge in [-0.15, -0.1) is 0 Å². The van der Waals surface area contributed by atoms with Crippen LogP contribution in [-0.4, -0.2) is 0 Å². The molecule has 1 nitrogen and oxygen atoms in total. The smallest absolute Gasteiger partial charge is 0.143 e. The van der Waals surface area contributed by atoms with Gasteiger partial charge in [-0.05, 0) is 89.6 Å². The Morgan fingerprint density at radius 3 is 1.57 bits per heavy atom. The van der Waals surface area contributed by atoms with E-state index in [0.29, 0.717) is 0 Å². The molecule has 10 rings (SSSR count). The molecule has 218 valence electrons. The molecular formula is C46H28O. The first-order valence-electron chi connectivity index (χ1n) is 16.2. The zero-order chi connectivity index (χ0) is 30.9. The zero-order valence-electron chi connectivity index (χ0n) is 25.6. The molecule has 0 aliphatic heterocycles. The fourth-order valence-electron chi connectivity index (χ4n) is 7.70. The maximum atomic E-state index is 6.75. The Kier molecular flexibility index (Phi) is 5.64. The van der Waals surface area contributed by atoms with E-state index in [-0.39, 0.29) is 0 Å². The van der Waals surface area contributed by atoms with Gasteiger partial charge >= 0.3 is 0 Å². The summed E-state index contributed by atoms with van der Waals surface area (Å²) in [6.45, 7) is 0. The number of rotatable bonds is 3. The van der Waals surface area contributed by atoms with Gasteiger partial charge in [0.1, 0.15) is 11.2 Å². The number of benzene rings is 9. The first-order chi connectivity index (χ1) is 23.3. The molecular weight excluding hydrogens is 569 g/mol. The summed E-state index contributed by atoms with van der Waals surface area (Å²) in [5.41, 5.74) is 9.11. The van der Waals surface area contributed by atoms with E-state index in [9.17, 15) is 0 Å². The van der Waals surface area contributed by atoms with Crippen molar-refractivity contribution in [1.29, 1.82) is 0 Å². The van der Waals surface area contributed by atoms with Crippen molar-refractivity contribution in [2.45, 2.75) is 0 Å². The monoisotopic (exact) mass is 596 g/mol. The van der Waals surface area contributed by atoms with E-state index in [1.54, 1.807) is 0 Å². The van der Waals surface area contributed by atoms with Crippen LogP contribution in [-0.2, 0) is 0 Å². The maximum absolute atomic E-state index is 6.75. The van der Waals surface area contributed by atoms with Gasteiger partial charge in [0, 0.05) is 21.9 Å². The number of para-hydroxylation sites is 1. The second-order valence-corrected chi connectivity index (χ2v) is 12.4. The minimum atomic E-state index is 0.912. The molecule has 0 saturated heterocycles. The third kappa shape index (κ3) is 3.97. The first-order valence-corrected chi connectivity index (χ1v) is 16.2. The van der Waals surface area contributed by atoms with Crippen LogP contribution in [0.1, 0.15) is 0 Å². The van der Waals surface area contributed by atoms with Crippen molar-refractivity contribution in [1.82, 2.24) is 0 Å². The van der Waals surface area contributed by atoms with Gasteiger partial charge in [-0.25, -0.2) is 0 Å². The average molecular weight is 597 g/mol. The quantitative estimate of drug-likeness (QED) is 0.185. The molecule has 0 saturated carbocycles. The van der Waals surface area contributed by atoms with Crippen molar-refractivity contribution >= 4 is 65.0 Å². The van der Waals surface area contributed by atoms with E-state index in [0.717, 1.165) is 27.5 Å². The van der Waals surface area contributed by atoms with E-state index in [4.69, 9.17) is 4.42 Å². The Labute approximate surface area is 271 Å². The SMILES string of the molecule is c1cc(-c2ccc3ccccc3c2)cc(-c2c3ccccc3c(-c3c4ccccc4cc4c3oc3ccccc34)c3ccccc23)c1. The molecule has 0 bridgehead atoms. The van der Waals surface area contributed by atoms with Crippen molar-refractivity contribution in [2.75, 3.05) is 0 Å². The molecule has 10 aromatic rings. The number of furan rings is 1. The molecule has 1 aromatic heterocycles. The highest BCUT2D eigenvalue weighted by molar-refractivity contribution is 6.28. The summed E-state index contributed by atoms with van der Waals surface area (Å²) in [6, 6.07) is 61.5. The van der Waals surface area contributed by atoms with Gasteiger partial charge in [0.15, 0.2) is 0 Å². The lowest BCUT2D eigenvalue weighted by Gasteiger charge is -2.19. The Hall–Kier alpha value is -6.18. The Morgan fingerprint density at radius 2 is 0.830 bits per heavy atom. The zero-order valence-corrected chi connectivity index (χ0v) is 25.6. The molecule has 0 amide bonds. The van der Waals surface area contributed by atoms with Crippen LogP contribution in [0.25, 0.3) is 98.4 Å². The summed E-state index contributed by atoms with van der Waals surface area (Å²) in [7, 11) is 0. The highest BCUT2D eigenvalue weighted by Crippen LogP contribution is 2.49. The third-order valence-electron chi connectivity index (χ3n) is 9.81. The summed E-state index contributed by atoms with van der Waals surface area (Å²) in [4.78, 5) is 0. The average Bonchev–Trinajstić information content (AvgIpc) is 3.51. The summed E-state index contributed by atoms with van der Waals surface area (Å²) >= 11 is 0. The summed E-state index contributed by atoms with van der Waals surface area (Å²) in [6.07, 6.45) is 0. The van der Waals surface area contributed by atoms with Crippen molar-refractivity contribution in [3.63, 3.8) is 0 Å². The van der Waals surface area contributed by atoms with Gasteiger partial charge < -0.3 is 4.42 Å². The normalized spacial score (nSPS) is 11.8. The molecule has 0 spiro atoms. The van der Waals surface area contributed by atoms with E-state index in [2.05, 4.69) is 170 Å². The molecule has 0 aliphatic rings. The lowest BCUT2D eigenvalue weighted by molar-refractivity contribution is 0.670. The fraction of sp³-hybridized carbons (Fsp3) is 0. The first kappa shape index (κ1) is 26.1. The molecule has 0 N–H and O–H groups in total. The Bertz CT molecular complexity index is 2800.